The maximum Gasteiger partial charge on any atom is 0.270 e. The molecule has 0 bridgehead atoms. The van der Waals surface area contributed by atoms with E-state index >= 15 is 0 Å². The topological polar surface area (TPSA) is 64.5 Å². The van der Waals surface area contributed by atoms with Gasteiger partial charge in [-0.15, -0.1) is 0 Å². The molecule has 6 nitrogen and oxygen atoms in total. The van der Waals surface area contributed by atoms with Gasteiger partial charge >= 0.3 is 0 Å². The molecule has 0 radical (unpaired) electrons. The number of carbonyl (C=O) groups excluding carboxylic acids is 1. The van der Waals surface area contributed by atoms with Crippen LogP contribution in [0.15, 0.2) is 52.9 Å². The SMILES string of the molecule is CC[NH+](CC)CCC[C@H](C)NC(=O)c1cc(-c2ccc(C)o2)nn1-c1ccccc1. The van der Waals surface area contributed by atoms with Crippen LogP contribution in [0.1, 0.15) is 49.9 Å². The summed E-state index contributed by atoms with van der Waals surface area (Å²) in [6.07, 6.45) is 2.05. The van der Waals surface area contributed by atoms with Crippen LogP contribution < -0.4 is 10.2 Å². The fourth-order valence-electron chi connectivity index (χ4n) is 3.63. The predicted octanol–water partition coefficient (Wildman–Crippen LogP) is 3.26. The van der Waals surface area contributed by atoms with Crippen LogP contribution in [0.3, 0.4) is 0 Å². The lowest BCUT2D eigenvalue weighted by atomic mass is 10.1. The highest BCUT2D eigenvalue weighted by atomic mass is 16.3. The number of hydrogen-bond donors (Lipinski definition) is 2. The number of nitrogens with zero attached hydrogens (tertiary/aromatic N) is 2. The second kappa shape index (κ2) is 10.3. The summed E-state index contributed by atoms with van der Waals surface area (Å²) in [6, 6.07) is 15.4. The molecule has 2 heterocycles. The Balaban J connectivity index is 1.76. The second-order valence-corrected chi connectivity index (χ2v) is 7.80. The first kappa shape index (κ1) is 21.8. The van der Waals surface area contributed by atoms with Gasteiger partial charge in [0, 0.05) is 12.1 Å². The van der Waals surface area contributed by atoms with Gasteiger partial charge in [0.05, 0.1) is 25.3 Å². The Labute approximate surface area is 178 Å². The molecule has 30 heavy (non-hydrogen) atoms. The minimum absolute atomic E-state index is 0.0980. The Morgan fingerprint density at radius 3 is 2.53 bits per heavy atom. The minimum Gasteiger partial charge on any atom is -0.460 e. The number of aromatic nitrogens is 2. The summed E-state index contributed by atoms with van der Waals surface area (Å²) in [6.45, 7) is 11.8. The first-order valence-electron chi connectivity index (χ1n) is 10.9. The largest absolute Gasteiger partial charge is 0.460 e. The third-order valence-corrected chi connectivity index (χ3v) is 5.48. The minimum atomic E-state index is -0.122. The maximum absolute atomic E-state index is 13.1. The number of amides is 1. The molecule has 0 aliphatic carbocycles. The van der Waals surface area contributed by atoms with E-state index in [9.17, 15) is 4.79 Å². The van der Waals surface area contributed by atoms with Gasteiger partial charge in [-0.1, -0.05) is 18.2 Å². The highest BCUT2D eigenvalue weighted by Gasteiger charge is 2.20. The van der Waals surface area contributed by atoms with Crippen molar-refractivity contribution in [2.24, 2.45) is 0 Å². The molecule has 1 atom stereocenters. The quantitative estimate of drug-likeness (QED) is 0.540. The number of para-hydroxylation sites is 1. The lowest BCUT2D eigenvalue weighted by Gasteiger charge is -2.18. The number of benzene rings is 1. The Hall–Kier alpha value is -2.86. The molecular formula is C24H33N4O2+. The van der Waals surface area contributed by atoms with Gasteiger partial charge in [-0.25, -0.2) is 4.68 Å². The van der Waals surface area contributed by atoms with E-state index in [1.807, 2.05) is 49.4 Å². The molecule has 160 valence electrons. The van der Waals surface area contributed by atoms with Gasteiger partial charge < -0.3 is 14.6 Å². The van der Waals surface area contributed by atoms with E-state index in [-0.39, 0.29) is 11.9 Å². The van der Waals surface area contributed by atoms with Crippen LogP contribution >= 0.6 is 0 Å². The van der Waals surface area contributed by atoms with E-state index < -0.39 is 0 Å². The summed E-state index contributed by atoms with van der Waals surface area (Å²) in [4.78, 5) is 14.7. The zero-order chi connectivity index (χ0) is 21.5. The Morgan fingerprint density at radius 1 is 1.17 bits per heavy atom. The third kappa shape index (κ3) is 5.39. The van der Waals surface area contributed by atoms with Crippen molar-refractivity contribution < 1.29 is 14.1 Å². The van der Waals surface area contributed by atoms with Crippen LogP contribution in [0.4, 0.5) is 0 Å². The van der Waals surface area contributed by atoms with Crippen molar-refractivity contribution in [3.8, 4) is 17.1 Å². The van der Waals surface area contributed by atoms with Gasteiger partial charge in [0.15, 0.2) is 5.76 Å². The highest BCUT2D eigenvalue weighted by Crippen LogP contribution is 2.24. The number of rotatable bonds is 10. The van der Waals surface area contributed by atoms with E-state index in [0.717, 1.165) is 43.9 Å². The van der Waals surface area contributed by atoms with E-state index in [4.69, 9.17) is 4.42 Å². The molecule has 2 N–H and O–H groups in total. The van der Waals surface area contributed by atoms with E-state index in [2.05, 4.69) is 31.2 Å². The van der Waals surface area contributed by atoms with Crippen molar-refractivity contribution in [3.63, 3.8) is 0 Å². The van der Waals surface area contributed by atoms with Crippen LogP contribution in [0, 0.1) is 6.92 Å². The number of furan rings is 1. The Bertz CT molecular complexity index is 941. The van der Waals surface area contributed by atoms with Crippen molar-refractivity contribution in [1.82, 2.24) is 15.1 Å². The molecule has 1 aromatic carbocycles. The average molecular weight is 410 g/mol. The standard InChI is InChI=1S/C24H32N4O2/c1-5-27(6-2)16-10-11-18(3)25-24(29)22-17-21(23-15-14-19(4)30-23)26-28(22)20-12-8-7-9-13-20/h7-9,12-15,17-18H,5-6,10-11,16H2,1-4H3,(H,25,29)/p+1/t18-/m0/s1. The van der Waals surface area contributed by atoms with E-state index in [1.165, 1.54) is 0 Å². The van der Waals surface area contributed by atoms with Crippen molar-refractivity contribution >= 4 is 5.91 Å². The first-order chi connectivity index (χ1) is 14.5. The number of quaternary nitrogens is 1. The van der Waals surface area contributed by atoms with Gasteiger partial charge in [-0.05, 0) is 64.8 Å². The zero-order valence-electron chi connectivity index (χ0n) is 18.4. The molecule has 1 amide bonds. The smallest absolute Gasteiger partial charge is 0.270 e. The van der Waals surface area contributed by atoms with Gasteiger partial charge in [-0.3, -0.25) is 4.79 Å². The molecular weight excluding hydrogens is 376 g/mol. The summed E-state index contributed by atoms with van der Waals surface area (Å²) in [5, 5.41) is 7.81. The summed E-state index contributed by atoms with van der Waals surface area (Å²) in [5.41, 5.74) is 2.00. The second-order valence-electron chi connectivity index (χ2n) is 7.80. The molecule has 0 fully saturated rings. The fourth-order valence-corrected chi connectivity index (χ4v) is 3.63. The lowest BCUT2D eigenvalue weighted by Crippen LogP contribution is -3.11. The molecule has 0 aliphatic heterocycles. The van der Waals surface area contributed by atoms with Crippen molar-refractivity contribution in [2.45, 2.75) is 46.6 Å². The molecule has 0 unspecified atom stereocenters. The molecule has 2 aromatic heterocycles. The van der Waals surface area contributed by atoms with Crippen LogP contribution in [0.5, 0.6) is 0 Å². The monoisotopic (exact) mass is 409 g/mol. The number of nitrogens with one attached hydrogen (secondary N) is 2. The fraction of sp³-hybridized carbons (Fsp3) is 0.417. The number of carbonyl (C=O) groups is 1. The van der Waals surface area contributed by atoms with Crippen LogP contribution in [0.25, 0.3) is 17.1 Å². The Kier molecular flexibility index (Phi) is 7.46. The van der Waals surface area contributed by atoms with E-state index in [0.29, 0.717) is 17.1 Å². The van der Waals surface area contributed by atoms with Gasteiger partial charge in [0.25, 0.3) is 5.91 Å². The highest BCUT2D eigenvalue weighted by molar-refractivity contribution is 5.94. The molecule has 0 saturated heterocycles. The number of hydrogen-bond acceptors (Lipinski definition) is 3. The molecule has 3 rings (SSSR count). The van der Waals surface area contributed by atoms with Crippen LogP contribution in [0.2, 0.25) is 0 Å². The predicted molar refractivity (Wildman–Crippen MR) is 119 cm³/mol. The summed E-state index contributed by atoms with van der Waals surface area (Å²) < 4.78 is 7.41. The van der Waals surface area contributed by atoms with Crippen LogP contribution in [-0.2, 0) is 0 Å². The van der Waals surface area contributed by atoms with E-state index in [1.54, 1.807) is 15.6 Å². The summed E-state index contributed by atoms with van der Waals surface area (Å²) in [5.74, 6) is 1.35. The summed E-state index contributed by atoms with van der Waals surface area (Å²) in [7, 11) is 0. The molecule has 3 aromatic rings. The maximum atomic E-state index is 13.1. The third-order valence-electron chi connectivity index (χ3n) is 5.48. The zero-order valence-corrected chi connectivity index (χ0v) is 18.4. The van der Waals surface area contributed by atoms with Gasteiger partial charge in [0.1, 0.15) is 17.1 Å². The number of aryl methyl sites for hydroxylation is 1. The Morgan fingerprint density at radius 2 is 1.90 bits per heavy atom. The molecule has 0 aliphatic rings. The van der Waals surface area contributed by atoms with Gasteiger partial charge in [0.2, 0.25) is 0 Å². The molecule has 6 heteroatoms. The summed E-state index contributed by atoms with van der Waals surface area (Å²) >= 11 is 0. The van der Waals surface area contributed by atoms with Crippen molar-refractivity contribution in [3.05, 3.63) is 60.0 Å². The first-order valence-corrected chi connectivity index (χ1v) is 10.9. The average Bonchev–Trinajstić information content (AvgIpc) is 3.38. The van der Waals surface area contributed by atoms with Crippen molar-refractivity contribution in [2.75, 3.05) is 19.6 Å². The van der Waals surface area contributed by atoms with Gasteiger partial charge in [-0.2, -0.15) is 5.10 Å². The van der Waals surface area contributed by atoms with Crippen molar-refractivity contribution in [1.29, 1.82) is 0 Å². The lowest BCUT2D eigenvalue weighted by molar-refractivity contribution is -0.896. The normalized spacial score (nSPS) is 12.3. The molecule has 0 spiro atoms. The molecule has 0 saturated carbocycles. The van der Waals surface area contributed by atoms with Crippen LogP contribution in [-0.4, -0.2) is 41.4 Å².